The second-order valence-corrected chi connectivity index (χ2v) is 8.85. The Bertz CT molecular complexity index is 1330. The zero-order chi connectivity index (χ0) is 23.5. The number of nitrogens with one attached hydrogen (secondary N) is 2. The van der Waals surface area contributed by atoms with Gasteiger partial charge in [-0.3, -0.25) is 4.79 Å². The molecule has 4 aromatic rings. The van der Waals surface area contributed by atoms with E-state index in [2.05, 4.69) is 15.8 Å². The Morgan fingerprint density at radius 3 is 2.58 bits per heavy atom. The molecule has 0 bridgehead atoms. The fourth-order valence-electron chi connectivity index (χ4n) is 3.04. The molecule has 1 amide bonds. The molecule has 0 radical (unpaired) electrons. The van der Waals surface area contributed by atoms with Crippen LogP contribution in [0.2, 0.25) is 9.36 Å². The first kappa shape index (κ1) is 22.9. The molecule has 0 aliphatic carbocycles. The average molecular weight is 508 g/mol. The number of carbonyl (C=O) groups is 1. The molecule has 0 aliphatic heterocycles. The standard InChI is InChI=1S/C21H16Cl2FN5O3S/c22-16-5-12(33-19(16)23)8-31-11-3-1-10(2-4-11)27-21(30)15-9-32-18-7-14(20(28-25)29-26)17(24)6-13(15)18/h1-7,9H,8,25-26H2,(H,27,30)(H,28,29). The van der Waals surface area contributed by atoms with Gasteiger partial charge in [0.25, 0.3) is 5.91 Å². The van der Waals surface area contributed by atoms with E-state index in [0.717, 1.165) is 10.9 Å². The number of benzene rings is 2. The van der Waals surface area contributed by atoms with Gasteiger partial charge in [0.2, 0.25) is 0 Å². The van der Waals surface area contributed by atoms with Crippen molar-refractivity contribution < 1.29 is 18.3 Å². The zero-order valence-corrected chi connectivity index (χ0v) is 19.0. The van der Waals surface area contributed by atoms with E-state index in [1.807, 2.05) is 0 Å². The molecular weight excluding hydrogens is 492 g/mol. The monoisotopic (exact) mass is 507 g/mol. The number of thiophene rings is 1. The molecule has 0 aliphatic rings. The number of rotatable bonds is 6. The van der Waals surface area contributed by atoms with Crippen molar-refractivity contribution >= 4 is 62.9 Å². The van der Waals surface area contributed by atoms with Crippen molar-refractivity contribution in [1.82, 2.24) is 5.43 Å². The number of hydrogen-bond donors (Lipinski definition) is 4. The first-order valence-corrected chi connectivity index (χ1v) is 10.9. The molecular formula is C21H16Cl2FN5O3S. The number of furan rings is 1. The van der Waals surface area contributed by atoms with Crippen molar-refractivity contribution in [3.8, 4) is 5.75 Å². The van der Waals surface area contributed by atoms with Crippen molar-refractivity contribution in [3.05, 3.63) is 79.9 Å². The van der Waals surface area contributed by atoms with Crippen molar-refractivity contribution in [1.29, 1.82) is 0 Å². The summed E-state index contributed by atoms with van der Waals surface area (Å²) < 4.78 is 26.2. The van der Waals surface area contributed by atoms with Gasteiger partial charge >= 0.3 is 0 Å². The molecule has 2 heterocycles. The van der Waals surface area contributed by atoms with E-state index >= 15 is 0 Å². The summed E-state index contributed by atoms with van der Waals surface area (Å²) in [5.74, 6) is 9.88. The fraction of sp³-hybridized carbons (Fsp3) is 0.0476. The summed E-state index contributed by atoms with van der Waals surface area (Å²) in [4.78, 5) is 13.6. The molecule has 0 saturated heterocycles. The summed E-state index contributed by atoms with van der Waals surface area (Å²) in [6.07, 6.45) is 1.24. The lowest BCUT2D eigenvalue weighted by atomic mass is 10.1. The lowest BCUT2D eigenvalue weighted by Crippen LogP contribution is -2.32. The average Bonchev–Trinajstić information content (AvgIpc) is 3.36. The predicted octanol–water partition coefficient (Wildman–Crippen LogP) is 4.86. The quantitative estimate of drug-likeness (QED) is 0.128. The maximum Gasteiger partial charge on any atom is 0.259 e. The Labute approximate surface area is 200 Å². The van der Waals surface area contributed by atoms with E-state index in [4.69, 9.17) is 44.0 Å². The number of hydrazone groups is 1. The van der Waals surface area contributed by atoms with Crippen LogP contribution < -0.4 is 27.2 Å². The second kappa shape index (κ2) is 9.67. The van der Waals surface area contributed by atoms with Crippen molar-refractivity contribution in [3.63, 3.8) is 0 Å². The van der Waals surface area contributed by atoms with Gasteiger partial charge in [0.1, 0.15) is 34.4 Å². The molecule has 2 aromatic heterocycles. The SMILES string of the molecule is N/N=C(\NN)c1cc2occ(C(=O)Nc3ccc(OCc4cc(Cl)c(Cl)s4)cc3)c2cc1F. The molecule has 6 N–H and O–H groups in total. The summed E-state index contributed by atoms with van der Waals surface area (Å²) >= 11 is 13.2. The van der Waals surface area contributed by atoms with E-state index in [1.54, 1.807) is 30.3 Å². The lowest BCUT2D eigenvalue weighted by Gasteiger charge is -2.08. The molecule has 4 rings (SSSR count). The summed E-state index contributed by atoms with van der Waals surface area (Å²) in [6, 6.07) is 11.0. The Morgan fingerprint density at radius 2 is 1.94 bits per heavy atom. The van der Waals surface area contributed by atoms with E-state index in [-0.39, 0.29) is 27.9 Å². The minimum Gasteiger partial charge on any atom is -0.488 e. The number of ether oxygens (including phenoxy) is 1. The highest BCUT2D eigenvalue weighted by Gasteiger charge is 2.19. The summed E-state index contributed by atoms with van der Waals surface area (Å²) in [5.41, 5.74) is 3.16. The number of amidine groups is 1. The van der Waals surface area contributed by atoms with Gasteiger partial charge in [0.05, 0.1) is 16.1 Å². The summed E-state index contributed by atoms with van der Waals surface area (Å²) in [5, 5.41) is 6.90. The third-order valence-electron chi connectivity index (χ3n) is 4.62. The normalized spacial score (nSPS) is 11.6. The largest absolute Gasteiger partial charge is 0.488 e. The van der Waals surface area contributed by atoms with E-state index in [9.17, 15) is 9.18 Å². The van der Waals surface area contributed by atoms with Gasteiger partial charge < -0.3 is 25.7 Å². The van der Waals surface area contributed by atoms with Crippen LogP contribution in [0.1, 0.15) is 20.8 Å². The van der Waals surface area contributed by atoms with Crippen LogP contribution in [-0.2, 0) is 6.61 Å². The fourth-order valence-corrected chi connectivity index (χ4v) is 4.38. The van der Waals surface area contributed by atoms with Gasteiger partial charge in [-0.15, -0.1) is 11.3 Å². The molecule has 0 unspecified atom stereocenters. The number of hydrogen-bond acceptors (Lipinski definition) is 7. The van der Waals surface area contributed by atoms with Crippen LogP contribution in [-0.4, -0.2) is 11.7 Å². The Balaban J connectivity index is 1.46. The number of hydrazine groups is 1. The van der Waals surface area contributed by atoms with Crippen molar-refractivity contribution in [2.45, 2.75) is 6.61 Å². The van der Waals surface area contributed by atoms with E-state index < -0.39 is 11.7 Å². The molecule has 170 valence electrons. The Morgan fingerprint density at radius 1 is 1.18 bits per heavy atom. The van der Waals surface area contributed by atoms with Crippen LogP contribution in [0.3, 0.4) is 0 Å². The second-order valence-electron chi connectivity index (χ2n) is 6.70. The van der Waals surface area contributed by atoms with Gasteiger partial charge in [0.15, 0.2) is 5.84 Å². The van der Waals surface area contributed by atoms with Crippen LogP contribution >= 0.6 is 34.5 Å². The first-order valence-electron chi connectivity index (χ1n) is 9.33. The van der Waals surface area contributed by atoms with Gasteiger partial charge in [0, 0.05) is 16.0 Å². The molecule has 0 saturated carbocycles. The minimum absolute atomic E-state index is 0.0106. The summed E-state index contributed by atoms with van der Waals surface area (Å²) in [6.45, 7) is 0.313. The van der Waals surface area contributed by atoms with Gasteiger partial charge in [-0.05, 0) is 42.5 Å². The molecule has 33 heavy (non-hydrogen) atoms. The molecule has 0 atom stereocenters. The van der Waals surface area contributed by atoms with Gasteiger partial charge in [-0.25, -0.2) is 10.2 Å². The van der Waals surface area contributed by atoms with Crippen LogP contribution in [0.25, 0.3) is 11.0 Å². The van der Waals surface area contributed by atoms with Crippen LogP contribution in [0.4, 0.5) is 10.1 Å². The van der Waals surface area contributed by atoms with Crippen molar-refractivity contribution in [2.75, 3.05) is 5.32 Å². The minimum atomic E-state index is -0.671. The lowest BCUT2D eigenvalue weighted by molar-refractivity contribution is 0.102. The van der Waals surface area contributed by atoms with Crippen LogP contribution in [0.15, 0.2) is 58.2 Å². The first-order chi connectivity index (χ1) is 15.9. The Kier molecular flexibility index (Phi) is 6.70. The molecule has 8 nitrogen and oxygen atoms in total. The van der Waals surface area contributed by atoms with Gasteiger partial charge in [-0.1, -0.05) is 23.2 Å². The molecule has 12 heteroatoms. The number of amides is 1. The van der Waals surface area contributed by atoms with Crippen LogP contribution in [0, 0.1) is 5.82 Å². The Hall–Kier alpha value is -3.31. The number of nitrogens with two attached hydrogens (primary N) is 2. The van der Waals surface area contributed by atoms with E-state index in [0.29, 0.717) is 27.4 Å². The highest BCUT2D eigenvalue weighted by atomic mass is 35.5. The third-order valence-corrected chi connectivity index (χ3v) is 6.46. The van der Waals surface area contributed by atoms with E-state index in [1.165, 1.54) is 23.7 Å². The highest BCUT2D eigenvalue weighted by molar-refractivity contribution is 7.16. The zero-order valence-electron chi connectivity index (χ0n) is 16.7. The summed E-state index contributed by atoms with van der Waals surface area (Å²) in [7, 11) is 0. The van der Waals surface area contributed by atoms with Crippen LogP contribution in [0.5, 0.6) is 5.75 Å². The third kappa shape index (κ3) is 4.88. The van der Waals surface area contributed by atoms with Crippen molar-refractivity contribution in [2.24, 2.45) is 16.8 Å². The molecule has 0 spiro atoms. The number of carbonyl (C=O) groups excluding carboxylic acids is 1. The number of anilines is 1. The maximum atomic E-state index is 14.5. The number of nitrogens with zero attached hydrogens (tertiary/aromatic N) is 1. The van der Waals surface area contributed by atoms with Gasteiger partial charge in [-0.2, -0.15) is 5.10 Å². The molecule has 2 aromatic carbocycles. The molecule has 0 fully saturated rings. The predicted molar refractivity (Wildman–Crippen MR) is 127 cm³/mol. The number of halogens is 3. The maximum absolute atomic E-state index is 14.5. The topological polar surface area (TPSA) is 128 Å². The highest BCUT2D eigenvalue weighted by Crippen LogP contribution is 2.32. The number of fused-ring (bicyclic) bond motifs is 1. The smallest absolute Gasteiger partial charge is 0.259 e.